The molecule has 2 aromatic rings. The minimum atomic E-state index is 0.139. The van der Waals surface area contributed by atoms with Crippen molar-refractivity contribution in [2.24, 2.45) is 5.92 Å². The van der Waals surface area contributed by atoms with Crippen LogP contribution in [0.2, 0.25) is 0 Å². The van der Waals surface area contributed by atoms with Crippen molar-refractivity contribution >= 4 is 11.5 Å². The van der Waals surface area contributed by atoms with Crippen LogP contribution >= 0.6 is 0 Å². The monoisotopic (exact) mass is 284 g/mol. The number of anilines is 2. The van der Waals surface area contributed by atoms with Gasteiger partial charge in [0.25, 0.3) is 0 Å². The van der Waals surface area contributed by atoms with Crippen molar-refractivity contribution in [2.45, 2.75) is 25.8 Å². The SMILES string of the molecule is CC(Nc1ccc(N)c(OCC2CC2)n1)c1ccncc1. The van der Waals surface area contributed by atoms with Crippen LogP contribution in [-0.4, -0.2) is 16.6 Å². The van der Waals surface area contributed by atoms with E-state index in [-0.39, 0.29) is 6.04 Å². The summed E-state index contributed by atoms with van der Waals surface area (Å²) in [4.78, 5) is 8.49. The second-order valence-corrected chi connectivity index (χ2v) is 5.49. The van der Waals surface area contributed by atoms with E-state index in [1.54, 1.807) is 12.4 Å². The quantitative estimate of drug-likeness (QED) is 0.853. The van der Waals surface area contributed by atoms with Crippen LogP contribution in [-0.2, 0) is 0 Å². The van der Waals surface area contributed by atoms with Gasteiger partial charge in [-0.15, -0.1) is 0 Å². The molecule has 2 heterocycles. The molecule has 0 saturated heterocycles. The molecule has 5 nitrogen and oxygen atoms in total. The highest BCUT2D eigenvalue weighted by molar-refractivity contribution is 5.54. The van der Waals surface area contributed by atoms with Gasteiger partial charge in [0, 0.05) is 12.4 Å². The molecule has 1 fully saturated rings. The first-order valence-electron chi connectivity index (χ1n) is 7.28. The minimum absolute atomic E-state index is 0.139. The Hall–Kier alpha value is -2.30. The van der Waals surface area contributed by atoms with Gasteiger partial charge in [0.2, 0.25) is 5.88 Å². The maximum Gasteiger partial charge on any atom is 0.239 e. The van der Waals surface area contributed by atoms with Crippen molar-refractivity contribution in [2.75, 3.05) is 17.7 Å². The third kappa shape index (κ3) is 3.62. The Bertz CT molecular complexity index is 598. The second-order valence-electron chi connectivity index (χ2n) is 5.49. The third-order valence-corrected chi connectivity index (χ3v) is 3.61. The third-order valence-electron chi connectivity index (χ3n) is 3.61. The fourth-order valence-corrected chi connectivity index (χ4v) is 2.09. The standard InChI is InChI=1S/C16H20N4O/c1-11(13-6-8-18-9-7-13)19-15-5-4-14(17)16(20-15)21-10-12-2-3-12/h4-9,11-12H,2-3,10,17H2,1H3,(H,19,20). The summed E-state index contributed by atoms with van der Waals surface area (Å²) >= 11 is 0. The van der Waals surface area contributed by atoms with Crippen molar-refractivity contribution < 1.29 is 4.74 Å². The van der Waals surface area contributed by atoms with E-state index in [4.69, 9.17) is 10.5 Å². The Labute approximate surface area is 124 Å². The number of pyridine rings is 2. The summed E-state index contributed by atoms with van der Waals surface area (Å²) in [5.74, 6) is 1.96. The Morgan fingerprint density at radius 1 is 1.29 bits per heavy atom. The average molecular weight is 284 g/mol. The van der Waals surface area contributed by atoms with Crippen LogP contribution in [0.25, 0.3) is 0 Å². The van der Waals surface area contributed by atoms with E-state index in [1.165, 1.54) is 12.8 Å². The van der Waals surface area contributed by atoms with Gasteiger partial charge in [-0.1, -0.05) is 0 Å². The van der Waals surface area contributed by atoms with E-state index in [0.717, 1.165) is 11.4 Å². The minimum Gasteiger partial charge on any atom is -0.476 e. The van der Waals surface area contributed by atoms with Crippen molar-refractivity contribution in [3.63, 3.8) is 0 Å². The highest BCUT2D eigenvalue weighted by Gasteiger charge is 2.22. The fourth-order valence-electron chi connectivity index (χ4n) is 2.09. The molecule has 0 radical (unpaired) electrons. The van der Waals surface area contributed by atoms with Crippen molar-refractivity contribution in [3.05, 3.63) is 42.2 Å². The number of nitrogens with one attached hydrogen (secondary N) is 1. The van der Waals surface area contributed by atoms with Gasteiger partial charge >= 0.3 is 0 Å². The van der Waals surface area contributed by atoms with Gasteiger partial charge in [0.05, 0.1) is 18.3 Å². The molecule has 1 aliphatic carbocycles. The molecule has 0 spiro atoms. The lowest BCUT2D eigenvalue weighted by molar-refractivity contribution is 0.290. The summed E-state index contributed by atoms with van der Waals surface area (Å²) in [5.41, 5.74) is 7.65. The van der Waals surface area contributed by atoms with Crippen molar-refractivity contribution in [1.29, 1.82) is 0 Å². The molecule has 2 aromatic heterocycles. The van der Waals surface area contributed by atoms with E-state index >= 15 is 0 Å². The molecule has 1 saturated carbocycles. The van der Waals surface area contributed by atoms with Crippen LogP contribution in [0, 0.1) is 5.92 Å². The van der Waals surface area contributed by atoms with E-state index in [1.807, 2.05) is 24.3 Å². The molecule has 110 valence electrons. The molecular weight excluding hydrogens is 264 g/mol. The number of hydrogen-bond donors (Lipinski definition) is 2. The Morgan fingerprint density at radius 3 is 2.76 bits per heavy atom. The van der Waals surface area contributed by atoms with Crippen LogP contribution in [0.1, 0.15) is 31.4 Å². The predicted octanol–water partition coefficient (Wildman–Crippen LogP) is 3.02. The van der Waals surface area contributed by atoms with Crippen LogP contribution < -0.4 is 15.8 Å². The Morgan fingerprint density at radius 2 is 2.05 bits per heavy atom. The number of nitrogens with two attached hydrogens (primary N) is 1. The summed E-state index contributed by atoms with van der Waals surface area (Å²) in [6.07, 6.45) is 6.07. The highest BCUT2D eigenvalue weighted by atomic mass is 16.5. The smallest absolute Gasteiger partial charge is 0.239 e. The van der Waals surface area contributed by atoms with Gasteiger partial charge < -0.3 is 15.8 Å². The number of hydrogen-bond acceptors (Lipinski definition) is 5. The molecule has 5 heteroatoms. The highest BCUT2D eigenvalue weighted by Crippen LogP contribution is 2.31. The van der Waals surface area contributed by atoms with Gasteiger partial charge in [0.15, 0.2) is 0 Å². The van der Waals surface area contributed by atoms with Gasteiger partial charge in [-0.3, -0.25) is 4.98 Å². The molecule has 1 atom stereocenters. The van der Waals surface area contributed by atoms with Crippen LogP contribution in [0.3, 0.4) is 0 Å². The van der Waals surface area contributed by atoms with Gasteiger partial charge in [-0.05, 0) is 55.5 Å². The summed E-state index contributed by atoms with van der Waals surface area (Å²) in [6.45, 7) is 2.79. The molecule has 1 aliphatic rings. The first kappa shape index (κ1) is 13.7. The van der Waals surface area contributed by atoms with Gasteiger partial charge in [-0.2, -0.15) is 4.98 Å². The van der Waals surface area contributed by atoms with E-state index in [0.29, 0.717) is 24.1 Å². The first-order chi connectivity index (χ1) is 10.2. The lowest BCUT2D eigenvalue weighted by Gasteiger charge is -2.16. The topological polar surface area (TPSA) is 73.1 Å². The summed E-state index contributed by atoms with van der Waals surface area (Å²) in [5, 5.41) is 3.35. The normalized spacial score (nSPS) is 15.5. The number of rotatable bonds is 6. The van der Waals surface area contributed by atoms with Crippen LogP contribution in [0.15, 0.2) is 36.7 Å². The molecular formula is C16H20N4O. The van der Waals surface area contributed by atoms with Crippen molar-refractivity contribution in [1.82, 2.24) is 9.97 Å². The molecule has 0 aliphatic heterocycles. The number of nitrogen functional groups attached to an aromatic ring is 1. The second kappa shape index (κ2) is 5.99. The van der Waals surface area contributed by atoms with Gasteiger partial charge in [0.1, 0.15) is 5.82 Å². The zero-order chi connectivity index (χ0) is 14.7. The lowest BCUT2D eigenvalue weighted by atomic mass is 10.1. The maximum atomic E-state index is 5.91. The number of nitrogens with zero attached hydrogens (tertiary/aromatic N) is 2. The summed E-state index contributed by atoms with van der Waals surface area (Å²) < 4.78 is 5.70. The number of aromatic nitrogens is 2. The molecule has 0 amide bonds. The first-order valence-corrected chi connectivity index (χ1v) is 7.28. The van der Waals surface area contributed by atoms with E-state index < -0.39 is 0 Å². The molecule has 21 heavy (non-hydrogen) atoms. The summed E-state index contributed by atoms with van der Waals surface area (Å²) in [6, 6.07) is 7.81. The predicted molar refractivity (Wildman–Crippen MR) is 83.1 cm³/mol. The zero-order valence-electron chi connectivity index (χ0n) is 12.1. The molecule has 3 rings (SSSR count). The maximum absolute atomic E-state index is 5.91. The van der Waals surface area contributed by atoms with Crippen LogP contribution in [0.5, 0.6) is 5.88 Å². The fraction of sp³-hybridized carbons (Fsp3) is 0.375. The Balaban J connectivity index is 1.68. The number of ether oxygens (including phenoxy) is 1. The molecule has 1 unspecified atom stereocenters. The van der Waals surface area contributed by atoms with E-state index in [2.05, 4.69) is 22.2 Å². The Kier molecular flexibility index (Phi) is 3.90. The average Bonchev–Trinajstić information content (AvgIpc) is 3.33. The van der Waals surface area contributed by atoms with Crippen LogP contribution in [0.4, 0.5) is 11.5 Å². The van der Waals surface area contributed by atoms with E-state index in [9.17, 15) is 0 Å². The zero-order valence-corrected chi connectivity index (χ0v) is 12.1. The molecule has 0 aromatic carbocycles. The molecule has 3 N–H and O–H groups in total. The van der Waals surface area contributed by atoms with Crippen molar-refractivity contribution in [3.8, 4) is 5.88 Å². The molecule has 0 bridgehead atoms. The largest absolute Gasteiger partial charge is 0.476 e. The lowest BCUT2D eigenvalue weighted by Crippen LogP contribution is -2.10. The van der Waals surface area contributed by atoms with Gasteiger partial charge in [-0.25, -0.2) is 0 Å². The summed E-state index contributed by atoms with van der Waals surface area (Å²) in [7, 11) is 0.